The normalized spacial score (nSPS) is 19.4. The Morgan fingerprint density at radius 2 is 2.29 bits per heavy atom. The zero-order valence-electron chi connectivity index (χ0n) is 8.48. The standard InChI is InChI=1S/C11H15N3/c1-14-7-6-13-11(14)10(8-12)9-4-2-3-5-9/h6-7,9-10H,2-5H2,1H3. The molecule has 0 aromatic carbocycles. The van der Waals surface area contributed by atoms with Crippen LogP contribution in [0.2, 0.25) is 0 Å². The summed E-state index contributed by atoms with van der Waals surface area (Å²) in [7, 11) is 1.96. The van der Waals surface area contributed by atoms with E-state index in [2.05, 4.69) is 11.1 Å². The zero-order chi connectivity index (χ0) is 9.97. The Balaban J connectivity index is 2.22. The molecule has 1 fully saturated rings. The quantitative estimate of drug-likeness (QED) is 0.715. The van der Waals surface area contributed by atoms with Gasteiger partial charge in [-0.1, -0.05) is 12.8 Å². The molecule has 1 atom stereocenters. The van der Waals surface area contributed by atoms with Crippen molar-refractivity contribution in [1.29, 1.82) is 5.26 Å². The average molecular weight is 189 g/mol. The molecule has 3 heteroatoms. The van der Waals surface area contributed by atoms with E-state index >= 15 is 0 Å². The van der Waals surface area contributed by atoms with Crippen LogP contribution in [0, 0.1) is 17.2 Å². The van der Waals surface area contributed by atoms with Gasteiger partial charge in [0.2, 0.25) is 0 Å². The average Bonchev–Trinajstić information content (AvgIpc) is 2.80. The fraction of sp³-hybridized carbons (Fsp3) is 0.636. The molecule has 0 N–H and O–H groups in total. The summed E-state index contributed by atoms with van der Waals surface area (Å²) in [5, 5.41) is 9.18. The van der Waals surface area contributed by atoms with E-state index in [4.69, 9.17) is 0 Å². The Morgan fingerprint density at radius 3 is 2.79 bits per heavy atom. The number of hydrogen-bond acceptors (Lipinski definition) is 2. The molecule has 1 heterocycles. The second-order valence-electron chi connectivity index (χ2n) is 4.05. The van der Waals surface area contributed by atoms with Gasteiger partial charge in [0, 0.05) is 19.4 Å². The van der Waals surface area contributed by atoms with Gasteiger partial charge in [-0.2, -0.15) is 5.26 Å². The minimum absolute atomic E-state index is 0.00231. The molecule has 0 saturated heterocycles. The molecule has 1 aromatic heterocycles. The Hall–Kier alpha value is -1.30. The van der Waals surface area contributed by atoms with Crippen molar-refractivity contribution in [2.75, 3.05) is 0 Å². The van der Waals surface area contributed by atoms with E-state index < -0.39 is 0 Å². The number of nitrogens with zero attached hydrogens (tertiary/aromatic N) is 3. The lowest BCUT2D eigenvalue weighted by Gasteiger charge is -2.15. The van der Waals surface area contributed by atoms with Gasteiger partial charge in [-0.3, -0.25) is 0 Å². The lowest BCUT2D eigenvalue weighted by Crippen LogP contribution is -2.12. The molecule has 1 aliphatic rings. The van der Waals surface area contributed by atoms with Gasteiger partial charge in [0.05, 0.1) is 6.07 Å². The molecule has 0 radical (unpaired) electrons. The number of imidazole rings is 1. The van der Waals surface area contributed by atoms with Crippen molar-refractivity contribution in [3.05, 3.63) is 18.2 Å². The summed E-state index contributed by atoms with van der Waals surface area (Å²) in [6, 6.07) is 2.40. The summed E-state index contributed by atoms with van der Waals surface area (Å²) in [5.74, 6) is 1.46. The largest absolute Gasteiger partial charge is 0.337 e. The molecule has 0 aliphatic heterocycles. The second kappa shape index (κ2) is 3.83. The Labute approximate surface area is 84.4 Å². The van der Waals surface area contributed by atoms with Crippen molar-refractivity contribution in [2.24, 2.45) is 13.0 Å². The highest BCUT2D eigenvalue weighted by Crippen LogP contribution is 2.35. The Morgan fingerprint density at radius 1 is 1.57 bits per heavy atom. The molecule has 0 bridgehead atoms. The monoisotopic (exact) mass is 189 g/mol. The molecule has 0 spiro atoms. The van der Waals surface area contributed by atoms with Crippen LogP contribution in [0.4, 0.5) is 0 Å². The highest BCUT2D eigenvalue weighted by molar-refractivity contribution is 5.12. The molecule has 74 valence electrons. The molecule has 1 aromatic rings. The second-order valence-corrected chi connectivity index (χ2v) is 4.05. The Kier molecular flexibility index (Phi) is 2.53. The van der Waals surface area contributed by atoms with Crippen LogP contribution >= 0.6 is 0 Å². The minimum Gasteiger partial charge on any atom is -0.337 e. The topological polar surface area (TPSA) is 41.6 Å². The highest BCUT2D eigenvalue weighted by Gasteiger charge is 2.28. The van der Waals surface area contributed by atoms with Gasteiger partial charge in [0.25, 0.3) is 0 Å². The summed E-state index contributed by atoms with van der Waals surface area (Å²) in [4.78, 5) is 4.27. The van der Waals surface area contributed by atoms with Crippen molar-refractivity contribution in [2.45, 2.75) is 31.6 Å². The third-order valence-corrected chi connectivity index (χ3v) is 3.15. The first-order chi connectivity index (χ1) is 6.83. The van der Waals surface area contributed by atoms with Crippen LogP contribution in [0.25, 0.3) is 0 Å². The summed E-state index contributed by atoms with van der Waals surface area (Å²) < 4.78 is 1.96. The smallest absolute Gasteiger partial charge is 0.126 e. The SMILES string of the molecule is Cn1ccnc1C(C#N)C1CCCC1. The number of hydrogen-bond donors (Lipinski definition) is 0. The maximum atomic E-state index is 9.18. The van der Waals surface area contributed by atoms with Crippen LogP contribution in [0.3, 0.4) is 0 Å². The Bertz CT molecular complexity index is 342. The first kappa shape index (κ1) is 9.26. The summed E-state index contributed by atoms with van der Waals surface area (Å²) >= 11 is 0. The van der Waals surface area contributed by atoms with E-state index in [0.717, 1.165) is 5.82 Å². The fourth-order valence-electron chi connectivity index (χ4n) is 2.34. The zero-order valence-corrected chi connectivity index (χ0v) is 8.48. The van der Waals surface area contributed by atoms with Crippen molar-refractivity contribution in [3.63, 3.8) is 0 Å². The predicted octanol–water partition coefficient (Wildman–Crippen LogP) is 2.22. The molecule has 1 saturated carbocycles. The van der Waals surface area contributed by atoms with Crippen molar-refractivity contribution in [1.82, 2.24) is 9.55 Å². The van der Waals surface area contributed by atoms with E-state index in [0.29, 0.717) is 5.92 Å². The third kappa shape index (κ3) is 1.52. The van der Waals surface area contributed by atoms with Crippen LogP contribution < -0.4 is 0 Å². The van der Waals surface area contributed by atoms with Gasteiger partial charge in [0.15, 0.2) is 0 Å². The van der Waals surface area contributed by atoms with E-state index in [-0.39, 0.29) is 5.92 Å². The van der Waals surface area contributed by atoms with Gasteiger partial charge in [-0.25, -0.2) is 4.98 Å². The minimum atomic E-state index is -0.00231. The van der Waals surface area contributed by atoms with Crippen molar-refractivity contribution >= 4 is 0 Å². The summed E-state index contributed by atoms with van der Waals surface area (Å²) in [5.41, 5.74) is 0. The molecule has 1 unspecified atom stereocenters. The molecular weight excluding hydrogens is 174 g/mol. The lowest BCUT2D eigenvalue weighted by atomic mass is 9.91. The van der Waals surface area contributed by atoms with Crippen LogP contribution in [-0.4, -0.2) is 9.55 Å². The lowest BCUT2D eigenvalue weighted by molar-refractivity contribution is 0.475. The van der Waals surface area contributed by atoms with Crippen molar-refractivity contribution < 1.29 is 0 Å². The summed E-state index contributed by atoms with van der Waals surface area (Å²) in [6.07, 6.45) is 8.60. The summed E-state index contributed by atoms with van der Waals surface area (Å²) in [6.45, 7) is 0. The highest BCUT2D eigenvalue weighted by atomic mass is 15.0. The maximum absolute atomic E-state index is 9.18. The van der Waals surface area contributed by atoms with Gasteiger partial charge in [-0.05, 0) is 18.8 Å². The van der Waals surface area contributed by atoms with E-state index in [1.165, 1.54) is 25.7 Å². The third-order valence-electron chi connectivity index (χ3n) is 3.15. The molecule has 2 rings (SSSR count). The van der Waals surface area contributed by atoms with Crippen LogP contribution in [0.5, 0.6) is 0 Å². The van der Waals surface area contributed by atoms with Crippen LogP contribution in [0.15, 0.2) is 12.4 Å². The van der Waals surface area contributed by atoms with Crippen molar-refractivity contribution in [3.8, 4) is 6.07 Å². The van der Waals surface area contributed by atoms with Gasteiger partial charge in [-0.15, -0.1) is 0 Å². The molecule has 14 heavy (non-hydrogen) atoms. The van der Waals surface area contributed by atoms with Gasteiger partial charge < -0.3 is 4.57 Å². The van der Waals surface area contributed by atoms with E-state index in [1.54, 1.807) is 6.20 Å². The van der Waals surface area contributed by atoms with Crippen LogP contribution in [0.1, 0.15) is 37.4 Å². The number of aromatic nitrogens is 2. The number of nitriles is 1. The predicted molar refractivity (Wildman–Crippen MR) is 53.5 cm³/mol. The molecular formula is C11H15N3. The van der Waals surface area contributed by atoms with E-state index in [9.17, 15) is 5.26 Å². The van der Waals surface area contributed by atoms with Crippen LogP contribution in [-0.2, 0) is 7.05 Å². The first-order valence-corrected chi connectivity index (χ1v) is 5.19. The van der Waals surface area contributed by atoms with Gasteiger partial charge >= 0.3 is 0 Å². The maximum Gasteiger partial charge on any atom is 0.126 e. The number of aryl methyl sites for hydroxylation is 1. The van der Waals surface area contributed by atoms with E-state index in [1.807, 2.05) is 17.8 Å². The fourth-order valence-corrected chi connectivity index (χ4v) is 2.34. The first-order valence-electron chi connectivity index (χ1n) is 5.19. The molecule has 0 amide bonds. The number of rotatable bonds is 2. The molecule has 1 aliphatic carbocycles. The van der Waals surface area contributed by atoms with Gasteiger partial charge in [0.1, 0.15) is 11.7 Å². The molecule has 3 nitrogen and oxygen atoms in total.